The molecule has 0 bridgehead atoms. The van der Waals surface area contributed by atoms with Crippen molar-refractivity contribution in [1.29, 1.82) is 0 Å². The third-order valence-electron chi connectivity index (χ3n) is 5.78. The van der Waals surface area contributed by atoms with Crippen LogP contribution in [0.4, 0.5) is 5.69 Å². The molecule has 2 aliphatic heterocycles. The third-order valence-corrected chi connectivity index (χ3v) is 5.78. The first-order valence-corrected chi connectivity index (χ1v) is 10.1. The fraction of sp³-hybridized carbons (Fsp3) is 0.391. The van der Waals surface area contributed by atoms with Gasteiger partial charge in [-0.3, -0.25) is 9.59 Å². The molecule has 1 unspecified atom stereocenters. The van der Waals surface area contributed by atoms with Crippen LogP contribution < -0.4 is 14.4 Å². The fourth-order valence-electron chi connectivity index (χ4n) is 4.31. The molecular formula is C23H26N2O4. The van der Waals surface area contributed by atoms with Crippen LogP contribution in [0.1, 0.15) is 47.6 Å². The van der Waals surface area contributed by atoms with Gasteiger partial charge >= 0.3 is 0 Å². The van der Waals surface area contributed by atoms with Gasteiger partial charge in [0.05, 0.1) is 20.3 Å². The number of amides is 2. The summed E-state index contributed by atoms with van der Waals surface area (Å²) in [5.74, 6) is 1.46. The molecule has 1 atom stereocenters. The second-order valence-corrected chi connectivity index (χ2v) is 7.47. The summed E-state index contributed by atoms with van der Waals surface area (Å²) in [6.07, 6.45) is 3.30. The molecule has 2 saturated heterocycles. The van der Waals surface area contributed by atoms with Gasteiger partial charge in [-0.1, -0.05) is 12.1 Å². The van der Waals surface area contributed by atoms with Crippen molar-refractivity contribution in [2.75, 3.05) is 32.2 Å². The summed E-state index contributed by atoms with van der Waals surface area (Å²) in [6.45, 7) is 1.43. The first-order valence-electron chi connectivity index (χ1n) is 10.1. The zero-order chi connectivity index (χ0) is 20.4. The third kappa shape index (κ3) is 3.67. The Kier molecular flexibility index (Phi) is 5.43. The van der Waals surface area contributed by atoms with Crippen molar-refractivity contribution < 1.29 is 19.1 Å². The van der Waals surface area contributed by atoms with Crippen LogP contribution in [0.3, 0.4) is 0 Å². The van der Waals surface area contributed by atoms with Crippen LogP contribution in [0.5, 0.6) is 11.5 Å². The molecule has 4 rings (SSSR count). The SMILES string of the molecule is COc1ccc(C2CCCN2C(=O)c2cccc(N3CCCC3=O)c2)cc1OC. The maximum Gasteiger partial charge on any atom is 0.254 e. The van der Waals surface area contributed by atoms with Gasteiger partial charge < -0.3 is 19.3 Å². The number of ether oxygens (including phenoxy) is 2. The number of carbonyl (C=O) groups is 2. The van der Waals surface area contributed by atoms with Crippen LogP contribution in [0.2, 0.25) is 0 Å². The van der Waals surface area contributed by atoms with Crippen molar-refractivity contribution in [3.05, 3.63) is 53.6 Å². The molecule has 6 nitrogen and oxygen atoms in total. The van der Waals surface area contributed by atoms with Gasteiger partial charge in [-0.2, -0.15) is 0 Å². The van der Waals surface area contributed by atoms with Gasteiger partial charge in [0.2, 0.25) is 5.91 Å². The number of hydrogen-bond acceptors (Lipinski definition) is 4. The number of nitrogens with zero attached hydrogens (tertiary/aromatic N) is 2. The van der Waals surface area contributed by atoms with Gasteiger partial charge in [-0.05, 0) is 55.2 Å². The average molecular weight is 394 g/mol. The standard InChI is InChI=1S/C23H26N2O4/c1-28-20-11-10-16(15-21(20)29-2)19-8-4-13-25(19)23(27)17-6-3-7-18(14-17)24-12-5-9-22(24)26/h3,6-7,10-11,14-15,19H,4-5,8-9,12-13H2,1-2H3. The molecule has 2 fully saturated rings. The maximum absolute atomic E-state index is 13.3. The highest BCUT2D eigenvalue weighted by molar-refractivity contribution is 5.99. The zero-order valence-corrected chi connectivity index (χ0v) is 16.9. The quantitative estimate of drug-likeness (QED) is 0.774. The Morgan fingerprint density at radius 3 is 2.55 bits per heavy atom. The topological polar surface area (TPSA) is 59.1 Å². The number of methoxy groups -OCH3 is 2. The average Bonchev–Trinajstić information content (AvgIpc) is 3.42. The molecule has 2 heterocycles. The number of benzene rings is 2. The predicted octanol–water partition coefficient (Wildman–Crippen LogP) is 3.81. The normalized spacial score (nSPS) is 19.0. The highest BCUT2D eigenvalue weighted by Crippen LogP contribution is 2.37. The van der Waals surface area contributed by atoms with E-state index in [4.69, 9.17) is 9.47 Å². The van der Waals surface area contributed by atoms with Crippen molar-refractivity contribution in [1.82, 2.24) is 4.90 Å². The summed E-state index contributed by atoms with van der Waals surface area (Å²) in [5.41, 5.74) is 2.47. The minimum absolute atomic E-state index is 0.000573. The highest BCUT2D eigenvalue weighted by atomic mass is 16.5. The zero-order valence-electron chi connectivity index (χ0n) is 16.9. The van der Waals surface area contributed by atoms with Gasteiger partial charge in [-0.15, -0.1) is 0 Å². The molecule has 29 heavy (non-hydrogen) atoms. The summed E-state index contributed by atoms with van der Waals surface area (Å²) in [6, 6.07) is 13.3. The van der Waals surface area contributed by atoms with E-state index in [1.54, 1.807) is 19.1 Å². The molecule has 0 aromatic heterocycles. The summed E-state index contributed by atoms with van der Waals surface area (Å²) in [5, 5.41) is 0. The van der Waals surface area contributed by atoms with E-state index in [-0.39, 0.29) is 17.9 Å². The van der Waals surface area contributed by atoms with Gasteiger partial charge in [0.25, 0.3) is 5.91 Å². The van der Waals surface area contributed by atoms with E-state index in [1.807, 2.05) is 47.4 Å². The van der Waals surface area contributed by atoms with E-state index in [2.05, 4.69) is 0 Å². The van der Waals surface area contributed by atoms with Crippen LogP contribution in [0, 0.1) is 0 Å². The van der Waals surface area contributed by atoms with E-state index in [0.29, 0.717) is 36.6 Å². The molecule has 0 saturated carbocycles. The number of carbonyl (C=O) groups excluding carboxylic acids is 2. The van der Waals surface area contributed by atoms with Crippen LogP contribution in [0.25, 0.3) is 0 Å². The molecule has 0 aliphatic carbocycles. The second-order valence-electron chi connectivity index (χ2n) is 7.47. The Balaban J connectivity index is 1.59. The van der Waals surface area contributed by atoms with Crippen LogP contribution in [-0.4, -0.2) is 44.0 Å². The summed E-state index contributed by atoms with van der Waals surface area (Å²) in [4.78, 5) is 29.1. The van der Waals surface area contributed by atoms with E-state index in [0.717, 1.165) is 30.5 Å². The Morgan fingerprint density at radius 1 is 1.00 bits per heavy atom. The molecule has 6 heteroatoms. The largest absolute Gasteiger partial charge is 0.493 e. The van der Waals surface area contributed by atoms with Crippen LogP contribution >= 0.6 is 0 Å². The molecule has 0 spiro atoms. The smallest absolute Gasteiger partial charge is 0.254 e. The Bertz CT molecular complexity index is 927. The van der Waals surface area contributed by atoms with Crippen LogP contribution in [0.15, 0.2) is 42.5 Å². The van der Waals surface area contributed by atoms with Crippen molar-refractivity contribution in [2.24, 2.45) is 0 Å². The van der Waals surface area contributed by atoms with Crippen molar-refractivity contribution >= 4 is 17.5 Å². The minimum Gasteiger partial charge on any atom is -0.493 e. The molecule has 2 aromatic rings. The van der Waals surface area contributed by atoms with E-state index < -0.39 is 0 Å². The lowest BCUT2D eigenvalue weighted by Crippen LogP contribution is -2.31. The molecule has 2 aliphatic rings. The molecule has 2 amide bonds. The van der Waals surface area contributed by atoms with Gasteiger partial charge in [0.1, 0.15) is 0 Å². The minimum atomic E-state index is -0.00391. The fourth-order valence-corrected chi connectivity index (χ4v) is 4.31. The molecule has 2 aromatic carbocycles. The number of likely N-dealkylation sites (tertiary alicyclic amines) is 1. The summed E-state index contributed by atoms with van der Waals surface area (Å²) >= 11 is 0. The summed E-state index contributed by atoms with van der Waals surface area (Å²) in [7, 11) is 3.23. The van der Waals surface area contributed by atoms with Gasteiger partial charge in [0, 0.05) is 30.8 Å². The monoisotopic (exact) mass is 394 g/mol. The second kappa shape index (κ2) is 8.15. The molecule has 0 radical (unpaired) electrons. The number of anilines is 1. The van der Waals surface area contributed by atoms with E-state index in [9.17, 15) is 9.59 Å². The summed E-state index contributed by atoms with van der Waals surface area (Å²) < 4.78 is 10.8. The lowest BCUT2D eigenvalue weighted by atomic mass is 10.0. The lowest BCUT2D eigenvalue weighted by molar-refractivity contribution is -0.117. The highest BCUT2D eigenvalue weighted by Gasteiger charge is 2.32. The van der Waals surface area contributed by atoms with E-state index >= 15 is 0 Å². The molecule has 152 valence electrons. The van der Waals surface area contributed by atoms with Crippen LogP contribution in [-0.2, 0) is 4.79 Å². The first-order chi connectivity index (χ1) is 14.1. The Morgan fingerprint density at radius 2 is 1.83 bits per heavy atom. The van der Waals surface area contributed by atoms with Crippen molar-refractivity contribution in [2.45, 2.75) is 31.7 Å². The van der Waals surface area contributed by atoms with Gasteiger partial charge in [-0.25, -0.2) is 0 Å². The lowest BCUT2D eigenvalue weighted by Gasteiger charge is -2.26. The molecular weight excluding hydrogens is 368 g/mol. The van der Waals surface area contributed by atoms with Crippen molar-refractivity contribution in [3.8, 4) is 11.5 Å². The maximum atomic E-state index is 13.3. The predicted molar refractivity (Wildman–Crippen MR) is 111 cm³/mol. The molecule has 0 N–H and O–H groups in total. The number of hydrogen-bond donors (Lipinski definition) is 0. The Hall–Kier alpha value is -3.02. The van der Waals surface area contributed by atoms with E-state index in [1.165, 1.54) is 0 Å². The first kappa shape index (κ1) is 19.3. The Labute approximate surface area is 171 Å². The number of rotatable bonds is 5. The van der Waals surface area contributed by atoms with Crippen molar-refractivity contribution in [3.63, 3.8) is 0 Å². The van der Waals surface area contributed by atoms with Gasteiger partial charge in [0.15, 0.2) is 11.5 Å².